The number of halogens is 2. The van der Waals surface area contributed by atoms with Gasteiger partial charge < -0.3 is 5.32 Å². The van der Waals surface area contributed by atoms with Crippen molar-refractivity contribution in [2.45, 2.75) is 4.90 Å². The van der Waals surface area contributed by atoms with Crippen molar-refractivity contribution in [3.05, 3.63) is 74.6 Å². The monoisotopic (exact) mass is 568 g/mol. The molecule has 9 nitrogen and oxygen atoms in total. The van der Waals surface area contributed by atoms with Crippen molar-refractivity contribution in [2.24, 2.45) is 0 Å². The average Bonchev–Trinajstić information content (AvgIpc) is 3.40. The lowest BCUT2D eigenvalue weighted by Gasteiger charge is -2.13. The summed E-state index contributed by atoms with van der Waals surface area (Å²) < 4.78 is 27.2. The molecule has 3 amide bonds. The third-order valence-electron chi connectivity index (χ3n) is 4.55. The van der Waals surface area contributed by atoms with Gasteiger partial charge in [0.25, 0.3) is 21.2 Å². The van der Waals surface area contributed by atoms with E-state index in [0.29, 0.717) is 27.4 Å². The van der Waals surface area contributed by atoms with Gasteiger partial charge in [-0.15, -0.1) is 11.3 Å². The number of carbonyl (C=O) groups is 3. The number of sulfonamides is 1. The summed E-state index contributed by atoms with van der Waals surface area (Å²) >= 11 is 14.0. The molecule has 35 heavy (non-hydrogen) atoms. The SMILES string of the molecule is O=C(CN1C(=O)SC(=Cc2c(Cl)cccc2Cl)C1=O)Nc1ccc(S(=O)(=O)Nc2nccs2)cc1. The Morgan fingerprint density at radius 2 is 1.77 bits per heavy atom. The van der Waals surface area contributed by atoms with Crippen LogP contribution in [0.15, 0.2) is 63.8 Å². The van der Waals surface area contributed by atoms with E-state index < -0.39 is 33.6 Å². The predicted octanol–water partition coefficient (Wildman–Crippen LogP) is 4.93. The molecule has 1 aliphatic rings. The lowest BCUT2D eigenvalue weighted by atomic mass is 10.2. The number of carbonyl (C=O) groups excluding carboxylic acids is 3. The van der Waals surface area contributed by atoms with Crippen molar-refractivity contribution in [3.63, 3.8) is 0 Å². The summed E-state index contributed by atoms with van der Waals surface area (Å²) in [5, 5.41) is 4.41. The second-order valence-corrected chi connectivity index (χ2v) is 11.3. The van der Waals surface area contributed by atoms with Crippen LogP contribution in [0, 0.1) is 0 Å². The molecule has 0 unspecified atom stereocenters. The van der Waals surface area contributed by atoms with E-state index in [1.54, 1.807) is 23.6 Å². The second-order valence-electron chi connectivity index (χ2n) is 6.92. The van der Waals surface area contributed by atoms with E-state index in [0.717, 1.165) is 16.2 Å². The van der Waals surface area contributed by atoms with Crippen LogP contribution in [0.5, 0.6) is 0 Å². The zero-order chi connectivity index (χ0) is 25.2. The fourth-order valence-electron chi connectivity index (χ4n) is 2.93. The summed E-state index contributed by atoms with van der Waals surface area (Å²) in [7, 11) is -3.84. The molecule has 4 rings (SSSR count). The smallest absolute Gasteiger partial charge is 0.294 e. The van der Waals surface area contributed by atoms with Crippen LogP contribution >= 0.6 is 46.3 Å². The number of amides is 3. The Hall–Kier alpha value is -2.90. The number of nitrogens with zero attached hydrogens (tertiary/aromatic N) is 2. The normalized spacial score (nSPS) is 15.0. The Labute approximate surface area is 218 Å². The van der Waals surface area contributed by atoms with Gasteiger partial charge in [0.1, 0.15) is 6.54 Å². The van der Waals surface area contributed by atoms with Crippen LogP contribution in [-0.2, 0) is 19.6 Å². The number of thioether (sulfide) groups is 1. The van der Waals surface area contributed by atoms with E-state index >= 15 is 0 Å². The third-order valence-corrected chi connectivity index (χ3v) is 8.29. The van der Waals surface area contributed by atoms with Gasteiger partial charge in [0.05, 0.1) is 9.80 Å². The highest BCUT2D eigenvalue weighted by atomic mass is 35.5. The predicted molar refractivity (Wildman–Crippen MR) is 137 cm³/mol. The summed E-state index contributed by atoms with van der Waals surface area (Å²) in [4.78, 5) is 42.2. The number of thiazole rings is 1. The molecule has 2 N–H and O–H groups in total. The van der Waals surface area contributed by atoms with E-state index in [1.807, 2.05) is 0 Å². The molecule has 0 saturated carbocycles. The highest BCUT2D eigenvalue weighted by Crippen LogP contribution is 2.35. The number of anilines is 2. The molecule has 0 atom stereocenters. The Bertz CT molecular complexity index is 1420. The molecule has 1 aliphatic heterocycles. The molecular weight excluding hydrogens is 555 g/mol. The molecule has 180 valence electrons. The van der Waals surface area contributed by atoms with Crippen molar-refractivity contribution in [3.8, 4) is 0 Å². The third kappa shape index (κ3) is 5.85. The van der Waals surface area contributed by atoms with E-state index in [4.69, 9.17) is 23.2 Å². The van der Waals surface area contributed by atoms with Crippen LogP contribution < -0.4 is 10.0 Å². The van der Waals surface area contributed by atoms with Crippen LogP contribution in [0.3, 0.4) is 0 Å². The molecule has 1 fully saturated rings. The zero-order valence-electron chi connectivity index (χ0n) is 17.4. The first-order valence-electron chi connectivity index (χ1n) is 9.65. The molecular formula is C21H14Cl2N4O5S3. The largest absolute Gasteiger partial charge is 0.325 e. The average molecular weight is 569 g/mol. The molecule has 1 saturated heterocycles. The molecule has 3 aromatic rings. The van der Waals surface area contributed by atoms with Crippen LogP contribution in [0.25, 0.3) is 6.08 Å². The van der Waals surface area contributed by atoms with Crippen molar-refractivity contribution < 1.29 is 22.8 Å². The highest BCUT2D eigenvalue weighted by Gasteiger charge is 2.36. The van der Waals surface area contributed by atoms with Gasteiger partial charge in [-0.05, 0) is 54.2 Å². The summed E-state index contributed by atoms with van der Waals surface area (Å²) in [5.74, 6) is -1.29. The first kappa shape index (κ1) is 25.2. The van der Waals surface area contributed by atoms with Crippen molar-refractivity contribution in [1.29, 1.82) is 0 Å². The first-order chi connectivity index (χ1) is 16.6. The number of rotatable bonds is 7. The number of hydrogen-bond donors (Lipinski definition) is 2. The zero-order valence-corrected chi connectivity index (χ0v) is 21.4. The highest BCUT2D eigenvalue weighted by molar-refractivity contribution is 8.18. The Morgan fingerprint density at radius 1 is 1.09 bits per heavy atom. The van der Waals surface area contributed by atoms with Gasteiger partial charge in [0.2, 0.25) is 5.91 Å². The van der Waals surface area contributed by atoms with Gasteiger partial charge in [-0.25, -0.2) is 13.4 Å². The minimum absolute atomic E-state index is 0.0278. The van der Waals surface area contributed by atoms with Crippen molar-refractivity contribution >= 4 is 90.3 Å². The van der Waals surface area contributed by atoms with Gasteiger partial charge >= 0.3 is 0 Å². The lowest BCUT2D eigenvalue weighted by Crippen LogP contribution is -2.36. The fourth-order valence-corrected chi connectivity index (χ4v) is 6.04. The molecule has 0 spiro atoms. The summed E-state index contributed by atoms with van der Waals surface area (Å²) in [6.45, 7) is -0.524. The standard InChI is InChI=1S/C21H14Cl2N4O5S3/c22-15-2-1-3-16(23)14(15)10-17-19(29)27(21(30)34-17)11-18(28)25-12-4-6-13(7-5-12)35(31,32)26-20-24-8-9-33-20/h1-10H,11H2,(H,24,26)(H,25,28). The van der Waals surface area contributed by atoms with Gasteiger partial charge in [-0.2, -0.15) is 0 Å². The van der Waals surface area contributed by atoms with Crippen LogP contribution in [-0.4, -0.2) is 41.9 Å². The Morgan fingerprint density at radius 3 is 2.40 bits per heavy atom. The van der Waals surface area contributed by atoms with Crippen LogP contribution in [0.1, 0.15) is 5.56 Å². The molecule has 2 heterocycles. The molecule has 0 radical (unpaired) electrons. The van der Waals surface area contributed by atoms with Gasteiger partial charge in [0, 0.05) is 32.9 Å². The fraction of sp³-hybridized carbons (Fsp3) is 0.0476. The number of hydrogen-bond acceptors (Lipinski definition) is 8. The maximum atomic E-state index is 12.7. The minimum Gasteiger partial charge on any atom is -0.325 e. The van der Waals surface area contributed by atoms with Crippen molar-refractivity contribution in [2.75, 3.05) is 16.6 Å². The molecule has 0 bridgehead atoms. The van der Waals surface area contributed by atoms with Gasteiger partial charge in [0.15, 0.2) is 5.13 Å². The Balaban J connectivity index is 1.41. The topological polar surface area (TPSA) is 126 Å². The molecule has 0 aliphatic carbocycles. The molecule has 2 aromatic carbocycles. The number of aromatic nitrogens is 1. The number of imide groups is 1. The Kier molecular flexibility index (Phi) is 7.47. The van der Waals surface area contributed by atoms with Crippen molar-refractivity contribution in [1.82, 2.24) is 9.88 Å². The summed E-state index contributed by atoms with van der Waals surface area (Å²) in [6, 6.07) is 10.2. The summed E-state index contributed by atoms with van der Waals surface area (Å²) in [6.07, 6.45) is 2.88. The quantitative estimate of drug-likeness (QED) is 0.387. The number of benzene rings is 2. The van der Waals surface area contributed by atoms with E-state index in [9.17, 15) is 22.8 Å². The van der Waals surface area contributed by atoms with Gasteiger partial charge in [-0.1, -0.05) is 29.3 Å². The lowest BCUT2D eigenvalue weighted by molar-refractivity contribution is -0.127. The van der Waals surface area contributed by atoms with E-state index in [2.05, 4.69) is 15.0 Å². The molecule has 1 aromatic heterocycles. The van der Waals surface area contributed by atoms with Crippen LogP contribution in [0.2, 0.25) is 10.0 Å². The maximum Gasteiger partial charge on any atom is 0.294 e. The van der Waals surface area contributed by atoms with E-state index in [1.165, 1.54) is 36.5 Å². The van der Waals surface area contributed by atoms with Gasteiger partial charge in [-0.3, -0.25) is 24.0 Å². The first-order valence-corrected chi connectivity index (χ1v) is 13.6. The maximum absolute atomic E-state index is 12.7. The number of nitrogens with one attached hydrogen (secondary N) is 2. The summed E-state index contributed by atoms with van der Waals surface area (Å²) in [5.41, 5.74) is 0.679. The second kappa shape index (κ2) is 10.4. The molecule has 14 heteroatoms. The minimum atomic E-state index is -3.84. The van der Waals surface area contributed by atoms with Crippen LogP contribution in [0.4, 0.5) is 15.6 Å². The van der Waals surface area contributed by atoms with E-state index in [-0.39, 0.29) is 20.6 Å².